The molecule has 1 aliphatic heterocycles. The number of alkyl carbamates (subject to hydrolysis) is 1. The maximum atomic E-state index is 11.5. The van der Waals surface area contributed by atoms with Gasteiger partial charge in [-0.1, -0.05) is 0 Å². The van der Waals surface area contributed by atoms with Crippen molar-refractivity contribution in [3.8, 4) is 6.07 Å². The van der Waals surface area contributed by atoms with Crippen molar-refractivity contribution in [3.05, 3.63) is 30.1 Å². The summed E-state index contributed by atoms with van der Waals surface area (Å²) in [5.74, 6) is 0.707. The number of carbonyl (C=O) groups excluding carboxylic acids is 1. The molecule has 5 rings (SSSR count). The first kappa shape index (κ1) is 13.8. The van der Waals surface area contributed by atoms with E-state index in [0.717, 1.165) is 36.8 Å². The molecule has 122 valence electrons. The van der Waals surface area contributed by atoms with Gasteiger partial charge in [-0.15, -0.1) is 0 Å². The average Bonchev–Trinajstić information content (AvgIpc) is 2.96. The molecule has 0 bridgehead atoms. The fourth-order valence-corrected chi connectivity index (χ4v) is 4.80. The van der Waals surface area contributed by atoms with Crippen LogP contribution in [-0.2, 0) is 11.3 Å². The summed E-state index contributed by atoms with van der Waals surface area (Å²) >= 11 is 0. The summed E-state index contributed by atoms with van der Waals surface area (Å²) in [6.45, 7) is 1.51. The Kier molecular flexibility index (Phi) is 2.60. The Morgan fingerprint density at radius 2 is 2.42 bits per heavy atom. The smallest absolute Gasteiger partial charge is 0.407 e. The molecule has 3 aliphatic rings. The van der Waals surface area contributed by atoms with Gasteiger partial charge in [0.05, 0.1) is 35.5 Å². The molecule has 0 unspecified atom stereocenters. The van der Waals surface area contributed by atoms with E-state index in [1.54, 1.807) is 6.07 Å². The lowest BCUT2D eigenvalue weighted by molar-refractivity contribution is -0.000247. The summed E-state index contributed by atoms with van der Waals surface area (Å²) in [6.07, 6.45) is 5.77. The van der Waals surface area contributed by atoms with Gasteiger partial charge in [0.25, 0.3) is 0 Å². The van der Waals surface area contributed by atoms with E-state index >= 15 is 0 Å². The number of nitrogens with zero attached hydrogens (tertiary/aromatic N) is 3. The van der Waals surface area contributed by atoms with E-state index in [4.69, 9.17) is 10.00 Å². The average molecular weight is 322 g/mol. The van der Waals surface area contributed by atoms with Crippen molar-refractivity contribution in [1.82, 2.24) is 14.9 Å². The summed E-state index contributed by atoms with van der Waals surface area (Å²) in [5, 5.41) is 12.0. The van der Waals surface area contributed by atoms with Crippen LogP contribution in [0.1, 0.15) is 31.2 Å². The van der Waals surface area contributed by atoms with Gasteiger partial charge >= 0.3 is 6.09 Å². The topological polar surface area (TPSA) is 79.9 Å². The minimum Gasteiger partial charge on any atom is -0.441 e. The fourth-order valence-electron chi connectivity index (χ4n) is 4.80. The van der Waals surface area contributed by atoms with Crippen molar-refractivity contribution in [2.24, 2.45) is 11.3 Å². The standard InChI is InChI=1S/C18H18N4O2/c19-7-12-1-2-14-15(5-12)22(11-21-14)10-17-6-13(17)3-4-18(8-17)9-20-16(23)24-18/h1-2,5,11,13H,3-4,6,8-10H2,(H,20,23)/t13-,17-,18-/m0/s1. The number of carbonyl (C=O) groups is 1. The highest BCUT2D eigenvalue weighted by Gasteiger charge is 2.63. The van der Waals surface area contributed by atoms with E-state index in [9.17, 15) is 4.79 Å². The van der Waals surface area contributed by atoms with E-state index in [1.807, 2.05) is 18.5 Å². The highest BCUT2D eigenvalue weighted by molar-refractivity contribution is 5.77. The van der Waals surface area contributed by atoms with Gasteiger partial charge in [-0.2, -0.15) is 5.26 Å². The van der Waals surface area contributed by atoms with E-state index in [-0.39, 0.29) is 17.1 Å². The van der Waals surface area contributed by atoms with Gasteiger partial charge < -0.3 is 14.6 Å². The van der Waals surface area contributed by atoms with Gasteiger partial charge in [0.15, 0.2) is 0 Å². The first-order valence-corrected chi connectivity index (χ1v) is 8.43. The highest BCUT2D eigenvalue weighted by atomic mass is 16.6. The molecular weight excluding hydrogens is 304 g/mol. The third kappa shape index (κ3) is 1.94. The van der Waals surface area contributed by atoms with Crippen LogP contribution in [0.15, 0.2) is 24.5 Å². The normalized spacial score (nSPS) is 33.8. The predicted molar refractivity (Wildman–Crippen MR) is 86.1 cm³/mol. The zero-order valence-electron chi connectivity index (χ0n) is 13.3. The number of ether oxygens (including phenoxy) is 1. The lowest BCUT2D eigenvalue weighted by Crippen LogP contribution is -2.40. The molecule has 1 aromatic heterocycles. The molecule has 1 aromatic carbocycles. The highest BCUT2D eigenvalue weighted by Crippen LogP contribution is 2.65. The minimum absolute atomic E-state index is 0.195. The zero-order chi connectivity index (χ0) is 16.4. The largest absolute Gasteiger partial charge is 0.441 e. The Balaban J connectivity index is 1.46. The Hall–Kier alpha value is -2.55. The predicted octanol–water partition coefficient (Wildman–Crippen LogP) is 2.58. The Labute approximate surface area is 139 Å². The molecule has 2 heterocycles. The van der Waals surface area contributed by atoms with Gasteiger partial charge in [-0.25, -0.2) is 9.78 Å². The van der Waals surface area contributed by atoms with Crippen LogP contribution in [0, 0.1) is 22.7 Å². The first-order chi connectivity index (χ1) is 11.6. The van der Waals surface area contributed by atoms with Gasteiger partial charge in [0, 0.05) is 6.54 Å². The summed E-state index contributed by atoms with van der Waals surface area (Å²) in [6, 6.07) is 7.81. The van der Waals surface area contributed by atoms with E-state index in [1.165, 1.54) is 6.42 Å². The number of amides is 1. The molecule has 3 atom stereocenters. The van der Waals surface area contributed by atoms with Crippen molar-refractivity contribution in [2.75, 3.05) is 6.54 Å². The number of hydrogen-bond acceptors (Lipinski definition) is 4. The van der Waals surface area contributed by atoms with Gasteiger partial charge in [-0.3, -0.25) is 0 Å². The number of nitrogens with one attached hydrogen (secondary N) is 1. The van der Waals surface area contributed by atoms with E-state index in [0.29, 0.717) is 18.0 Å². The van der Waals surface area contributed by atoms with Crippen LogP contribution in [0.25, 0.3) is 11.0 Å². The van der Waals surface area contributed by atoms with Crippen molar-refractivity contribution in [2.45, 2.75) is 37.8 Å². The number of rotatable bonds is 2. The molecule has 1 amide bonds. The van der Waals surface area contributed by atoms with Crippen LogP contribution in [-0.4, -0.2) is 27.8 Å². The molecule has 1 saturated heterocycles. The minimum atomic E-state index is -0.321. The van der Waals surface area contributed by atoms with Crippen LogP contribution in [0.2, 0.25) is 0 Å². The number of fused-ring (bicyclic) bond motifs is 2. The Morgan fingerprint density at radius 3 is 3.21 bits per heavy atom. The van der Waals surface area contributed by atoms with Crippen LogP contribution in [0.3, 0.4) is 0 Å². The fraction of sp³-hybridized carbons (Fsp3) is 0.500. The van der Waals surface area contributed by atoms with Crippen LogP contribution < -0.4 is 5.32 Å². The number of hydrogen-bond donors (Lipinski definition) is 1. The monoisotopic (exact) mass is 322 g/mol. The summed E-state index contributed by atoms with van der Waals surface area (Å²) in [5.41, 5.74) is 2.46. The maximum absolute atomic E-state index is 11.5. The second-order valence-corrected chi connectivity index (χ2v) is 7.59. The quantitative estimate of drug-likeness (QED) is 0.921. The maximum Gasteiger partial charge on any atom is 0.407 e. The van der Waals surface area contributed by atoms with Gasteiger partial charge in [0.1, 0.15) is 5.60 Å². The Bertz CT molecular complexity index is 898. The molecule has 6 nitrogen and oxygen atoms in total. The summed E-state index contributed by atoms with van der Waals surface area (Å²) in [4.78, 5) is 16.0. The number of benzene rings is 1. The SMILES string of the molecule is N#Cc1ccc2ncn(C[C@@]34C[C@@H]3CC[C@@]3(CNC(=O)O3)C4)c2c1. The molecule has 1 spiro atoms. The van der Waals surface area contributed by atoms with Crippen molar-refractivity contribution in [3.63, 3.8) is 0 Å². The third-order valence-corrected chi connectivity index (χ3v) is 6.08. The molecule has 1 N–H and O–H groups in total. The van der Waals surface area contributed by atoms with Crippen molar-refractivity contribution in [1.29, 1.82) is 5.26 Å². The number of nitriles is 1. The van der Waals surface area contributed by atoms with Gasteiger partial charge in [0.2, 0.25) is 0 Å². The number of imidazole rings is 1. The Morgan fingerprint density at radius 1 is 1.50 bits per heavy atom. The number of aromatic nitrogens is 2. The molecule has 2 aromatic rings. The second-order valence-electron chi connectivity index (χ2n) is 7.59. The molecule has 24 heavy (non-hydrogen) atoms. The molecule has 3 fully saturated rings. The lowest BCUT2D eigenvalue weighted by Gasteiger charge is -2.36. The van der Waals surface area contributed by atoms with Crippen LogP contribution in [0.4, 0.5) is 4.79 Å². The summed E-state index contributed by atoms with van der Waals surface area (Å²) in [7, 11) is 0. The zero-order valence-corrected chi connectivity index (χ0v) is 13.3. The van der Waals surface area contributed by atoms with Crippen molar-refractivity contribution < 1.29 is 9.53 Å². The first-order valence-electron chi connectivity index (χ1n) is 8.43. The van der Waals surface area contributed by atoms with E-state index < -0.39 is 0 Å². The van der Waals surface area contributed by atoms with E-state index in [2.05, 4.69) is 20.9 Å². The lowest BCUT2D eigenvalue weighted by atomic mass is 9.77. The molecular formula is C18H18N4O2. The molecule has 0 radical (unpaired) electrons. The molecule has 6 heteroatoms. The third-order valence-electron chi connectivity index (χ3n) is 6.08. The second kappa shape index (κ2) is 4.50. The molecule has 2 saturated carbocycles. The van der Waals surface area contributed by atoms with Crippen LogP contribution in [0.5, 0.6) is 0 Å². The molecule has 2 aliphatic carbocycles. The summed E-state index contributed by atoms with van der Waals surface area (Å²) < 4.78 is 7.80. The van der Waals surface area contributed by atoms with Gasteiger partial charge in [-0.05, 0) is 55.2 Å². The van der Waals surface area contributed by atoms with Crippen molar-refractivity contribution >= 4 is 17.1 Å². The van der Waals surface area contributed by atoms with Crippen LogP contribution >= 0.6 is 0 Å².